The van der Waals surface area contributed by atoms with E-state index in [1.54, 1.807) is 30.3 Å². The van der Waals surface area contributed by atoms with Crippen molar-refractivity contribution in [2.45, 2.75) is 6.10 Å². The van der Waals surface area contributed by atoms with Gasteiger partial charge in [-0.2, -0.15) is 0 Å². The molecule has 0 radical (unpaired) electrons. The minimum absolute atomic E-state index is 0.440. The zero-order valence-corrected chi connectivity index (χ0v) is 13.6. The summed E-state index contributed by atoms with van der Waals surface area (Å²) in [5.41, 5.74) is 1.24. The molecular weight excluding hydrogens is 421 g/mol. The number of halogens is 2. The zero-order chi connectivity index (χ0) is 13.8. The van der Waals surface area contributed by atoms with Gasteiger partial charge in [-0.25, -0.2) is 0 Å². The average molecular weight is 432 g/mol. The van der Waals surface area contributed by atoms with Crippen molar-refractivity contribution >= 4 is 50.1 Å². The third-order valence-corrected chi connectivity index (χ3v) is 4.88. The third-order valence-electron chi connectivity index (χ3n) is 2.55. The number of anilines is 1. The highest BCUT2D eigenvalue weighted by molar-refractivity contribution is 14.1. The van der Waals surface area contributed by atoms with Gasteiger partial charge in [0.05, 0.1) is 0 Å². The molecule has 3 nitrogen and oxygen atoms in total. The summed E-state index contributed by atoms with van der Waals surface area (Å²) in [6, 6.07) is 14.3. The van der Waals surface area contributed by atoms with Crippen molar-refractivity contribution in [3.63, 3.8) is 0 Å². The van der Waals surface area contributed by atoms with Crippen LogP contribution in [0, 0.1) is 3.57 Å². The van der Waals surface area contributed by atoms with Crippen LogP contribution in [0.5, 0.6) is 0 Å². The van der Waals surface area contributed by atoms with Gasteiger partial charge in [0.25, 0.3) is 5.91 Å². The van der Waals surface area contributed by atoms with E-state index in [4.69, 9.17) is 0 Å². The van der Waals surface area contributed by atoms with Crippen LogP contribution in [0.3, 0.4) is 0 Å². The van der Waals surface area contributed by atoms with E-state index in [2.05, 4.69) is 43.8 Å². The van der Waals surface area contributed by atoms with Crippen molar-refractivity contribution in [1.82, 2.24) is 0 Å². The van der Waals surface area contributed by atoms with E-state index in [-0.39, 0.29) is 0 Å². The second kappa shape index (κ2) is 6.49. The highest BCUT2D eigenvalue weighted by Crippen LogP contribution is 2.23. The molecule has 0 fully saturated rings. The Morgan fingerprint density at radius 1 is 1.21 bits per heavy atom. The summed E-state index contributed by atoms with van der Waals surface area (Å²) >= 11 is 5.56. The van der Waals surface area contributed by atoms with Crippen molar-refractivity contribution in [3.05, 3.63) is 62.1 Å². The molecule has 0 aliphatic heterocycles. The van der Waals surface area contributed by atoms with Crippen LogP contribution in [0.2, 0.25) is 0 Å². The van der Waals surface area contributed by atoms with Gasteiger partial charge in [-0.1, -0.05) is 30.3 Å². The monoisotopic (exact) mass is 431 g/mol. The summed E-state index contributed by atoms with van der Waals surface area (Å²) in [5, 5.41) is 12.6. The summed E-state index contributed by atoms with van der Waals surface area (Å²) < 4.78 is 1.96. The minimum Gasteiger partial charge on any atom is -0.378 e. The summed E-state index contributed by atoms with van der Waals surface area (Å²) in [6.07, 6.45) is -1.16. The molecule has 2 aromatic carbocycles. The SMILES string of the molecule is O=C(Nc1ccc(Br)c(I)c1)C(O)c1ccccc1. The van der Waals surface area contributed by atoms with Gasteiger partial charge in [0.2, 0.25) is 0 Å². The lowest BCUT2D eigenvalue weighted by atomic mass is 10.1. The maximum absolute atomic E-state index is 11.9. The van der Waals surface area contributed by atoms with E-state index in [1.165, 1.54) is 0 Å². The van der Waals surface area contributed by atoms with Crippen molar-refractivity contribution in [3.8, 4) is 0 Å². The van der Waals surface area contributed by atoms with Crippen LogP contribution in [-0.4, -0.2) is 11.0 Å². The molecule has 0 saturated heterocycles. The second-order valence-corrected chi connectivity index (χ2v) is 5.95. The lowest BCUT2D eigenvalue weighted by Crippen LogP contribution is -2.20. The molecule has 5 heteroatoms. The quantitative estimate of drug-likeness (QED) is 0.727. The Morgan fingerprint density at radius 3 is 2.53 bits per heavy atom. The number of carbonyl (C=O) groups is 1. The molecule has 0 aromatic heterocycles. The highest BCUT2D eigenvalue weighted by atomic mass is 127. The van der Waals surface area contributed by atoms with Crippen LogP contribution < -0.4 is 5.32 Å². The van der Waals surface area contributed by atoms with Crippen LogP contribution in [-0.2, 0) is 4.79 Å². The average Bonchev–Trinajstić information content (AvgIpc) is 2.43. The van der Waals surface area contributed by atoms with Gasteiger partial charge in [-0.15, -0.1) is 0 Å². The largest absolute Gasteiger partial charge is 0.378 e. The summed E-state index contributed by atoms with van der Waals surface area (Å²) in [4.78, 5) is 11.9. The smallest absolute Gasteiger partial charge is 0.257 e. The topological polar surface area (TPSA) is 49.3 Å². The fourth-order valence-corrected chi connectivity index (χ4v) is 2.33. The predicted octanol–water partition coefficient (Wildman–Crippen LogP) is 3.73. The molecule has 2 rings (SSSR count). The van der Waals surface area contributed by atoms with Crippen LogP contribution in [0.1, 0.15) is 11.7 Å². The number of aliphatic hydroxyl groups is 1. The molecule has 0 bridgehead atoms. The first-order valence-electron chi connectivity index (χ1n) is 5.57. The van der Waals surface area contributed by atoms with Gasteiger partial charge < -0.3 is 10.4 Å². The predicted molar refractivity (Wildman–Crippen MR) is 86.9 cm³/mol. The van der Waals surface area contributed by atoms with Gasteiger partial charge in [-0.05, 0) is 62.3 Å². The molecule has 2 N–H and O–H groups in total. The summed E-state index contributed by atoms with van der Waals surface area (Å²) in [7, 11) is 0. The Kier molecular flexibility index (Phi) is 4.95. The first-order valence-corrected chi connectivity index (χ1v) is 7.44. The second-order valence-electron chi connectivity index (χ2n) is 3.93. The fourth-order valence-electron chi connectivity index (χ4n) is 1.57. The van der Waals surface area contributed by atoms with Gasteiger partial charge in [0.15, 0.2) is 6.10 Å². The van der Waals surface area contributed by atoms with Gasteiger partial charge in [-0.3, -0.25) is 4.79 Å². The van der Waals surface area contributed by atoms with Crippen LogP contribution in [0.4, 0.5) is 5.69 Å². The molecule has 0 aliphatic rings. The zero-order valence-electron chi connectivity index (χ0n) is 9.81. The number of rotatable bonds is 3. The van der Waals surface area contributed by atoms with E-state index in [0.29, 0.717) is 11.3 Å². The Hall–Kier alpha value is -0.920. The molecule has 0 saturated carbocycles. The van der Waals surface area contributed by atoms with Gasteiger partial charge in [0.1, 0.15) is 0 Å². The van der Waals surface area contributed by atoms with Crippen molar-refractivity contribution in [2.75, 3.05) is 5.32 Å². The van der Waals surface area contributed by atoms with Crippen molar-refractivity contribution in [1.29, 1.82) is 0 Å². The molecular formula is C14H11BrINO2. The molecule has 1 amide bonds. The minimum atomic E-state index is -1.16. The molecule has 0 aliphatic carbocycles. The molecule has 2 aromatic rings. The van der Waals surface area contributed by atoms with Crippen molar-refractivity contribution in [2.24, 2.45) is 0 Å². The van der Waals surface area contributed by atoms with E-state index in [9.17, 15) is 9.90 Å². The summed E-state index contributed by atoms with van der Waals surface area (Å²) in [6.45, 7) is 0. The molecule has 0 heterocycles. The molecule has 1 unspecified atom stereocenters. The number of carbonyl (C=O) groups excluding carboxylic acids is 1. The Labute approximate surface area is 133 Å². The number of hydrogen-bond donors (Lipinski definition) is 2. The van der Waals surface area contributed by atoms with E-state index in [0.717, 1.165) is 8.04 Å². The molecule has 98 valence electrons. The number of amides is 1. The van der Waals surface area contributed by atoms with E-state index < -0.39 is 12.0 Å². The number of hydrogen-bond acceptors (Lipinski definition) is 2. The highest BCUT2D eigenvalue weighted by Gasteiger charge is 2.17. The first-order chi connectivity index (χ1) is 9.08. The first kappa shape index (κ1) is 14.5. The number of aliphatic hydroxyl groups excluding tert-OH is 1. The van der Waals surface area contributed by atoms with Crippen LogP contribution >= 0.6 is 38.5 Å². The standard InChI is InChI=1S/C14H11BrINO2/c15-11-7-6-10(8-12(11)16)17-14(19)13(18)9-4-2-1-3-5-9/h1-8,13,18H,(H,17,19). The third kappa shape index (κ3) is 3.77. The number of benzene rings is 2. The Morgan fingerprint density at radius 2 is 1.89 bits per heavy atom. The Bertz CT molecular complexity index is 589. The fraction of sp³-hybridized carbons (Fsp3) is 0.0714. The normalized spacial score (nSPS) is 11.9. The molecule has 19 heavy (non-hydrogen) atoms. The van der Waals surface area contributed by atoms with Crippen LogP contribution in [0.25, 0.3) is 0 Å². The maximum Gasteiger partial charge on any atom is 0.257 e. The number of nitrogens with one attached hydrogen (secondary N) is 1. The maximum atomic E-state index is 11.9. The van der Waals surface area contributed by atoms with Gasteiger partial charge >= 0.3 is 0 Å². The van der Waals surface area contributed by atoms with Crippen molar-refractivity contribution < 1.29 is 9.90 Å². The van der Waals surface area contributed by atoms with Crippen LogP contribution in [0.15, 0.2) is 53.0 Å². The molecule has 1 atom stereocenters. The lowest BCUT2D eigenvalue weighted by Gasteiger charge is -2.12. The van der Waals surface area contributed by atoms with Gasteiger partial charge in [0, 0.05) is 13.7 Å². The van der Waals surface area contributed by atoms with E-state index in [1.807, 2.05) is 18.2 Å². The van der Waals surface area contributed by atoms with E-state index >= 15 is 0 Å². The summed E-state index contributed by atoms with van der Waals surface area (Å²) in [5.74, 6) is -0.440. The Balaban J connectivity index is 2.10. The molecule has 0 spiro atoms. The lowest BCUT2D eigenvalue weighted by molar-refractivity contribution is -0.124.